The fourth-order valence-electron chi connectivity index (χ4n) is 2.74. The summed E-state index contributed by atoms with van der Waals surface area (Å²) >= 11 is 0. The van der Waals surface area contributed by atoms with Crippen LogP contribution in [0.1, 0.15) is 43.6 Å². The van der Waals surface area contributed by atoms with Gasteiger partial charge in [0, 0.05) is 40.7 Å². The number of benzene rings is 3. The average Bonchev–Trinajstić information content (AvgIpc) is 2.74. The third-order valence-corrected chi connectivity index (χ3v) is 4.37. The number of anilines is 2. The lowest BCUT2D eigenvalue weighted by Gasteiger charge is -2.08. The molecule has 3 rings (SSSR count). The van der Waals surface area contributed by atoms with Gasteiger partial charge >= 0.3 is 0 Å². The highest BCUT2D eigenvalue weighted by molar-refractivity contribution is 6.10. The van der Waals surface area contributed by atoms with E-state index in [4.69, 9.17) is 0 Å². The lowest BCUT2D eigenvalue weighted by atomic mass is 10.0. The molecule has 140 valence electrons. The van der Waals surface area contributed by atoms with Crippen LogP contribution in [0.3, 0.4) is 0 Å². The van der Waals surface area contributed by atoms with Crippen molar-refractivity contribution in [1.82, 2.24) is 0 Å². The van der Waals surface area contributed by atoms with E-state index in [1.165, 1.54) is 6.92 Å². The van der Waals surface area contributed by atoms with Gasteiger partial charge in [-0.1, -0.05) is 12.1 Å². The zero-order valence-electron chi connectivity index (χ0n) is 15.7. The second-order valence-electron chi connectivity index (χ2n) is 6.32. The topological polar surface area (TPSA) is 75.3 Å². The maximum absolute atomic E-state index is 12.6. The second kappa shape index (κ2) is 8.31. The van der Waals surface area contributed by atoms with Gasteiger partial charge in [0.05, 0.1) is 0 Å². The predicted molar refractivity (Wildman–Crippen MR) is 110 cm³/mol. The van der Waals surface area contributed by atoms with E-state index in [1.807, 2.05) is 19.2 Å². The molecule has 0 saturated carbocycles. The molecule has 1 amide bonds. The number of amides is 1. The Morgan fingerprint density at radius 3 is 1.75 bits per heavy atom. The van der Waals surface area contributed by atoms with E-state index in [0.29, 0.717) is 27.9 Å². The highest BCUT2D eigenvalue weighted by atomic mass is 16.2. The van der Waals surface area contributed by atoms with E-state index in [9.17, 15) is 14.4 Å². The van der Waals surface area contributed by atoms with Gasteiger partial charge in [-0.25, -0.2) is 0 Å². The van der Waals surface area contributed by atoms with Crippen LogP contribution in [-0.2, 0) is 0 Å². The fraction of sp³-hybridized carbons (Fsp3) is 0.0870. The van der Waals surface area contributed by atoms with Crippen molar-refractivity contribution in [3.05, 3.63) is 95.1 Å². The molecule has 2 N–H and O–H groups in total. The Labute approximate surface area is 163 Å². The third kappa shape index (κ3) is 4.32. The highest BCUT2D eigenvalue weighted by Gasteiger charge is 2.11. The van der Waals surface area contributed by atoms with E-state index >= 15 is 0 Å². The summed E-state index contributed by atoms with van der Waals surface area (Å²) in [6.07, 6.45) is 0. The summed E-state index contributed by atoms with van der Waals surface area (Å²) in [5.41, 5.74) is 3.52. The van der Waals surface area contributed by atoms with Crippen LogP contribution in [0.4, 0.5) is 11.4 Å². The van der Waals surface area contributed by atoms with Crippen molar-refractivity contribution in [2.45, 2.75) is 6.92 Å². The number of carbonyl (C=O) groups excluding carboxylic acids is 3. The lowest BCUT2D eigenvalue weighted by Crippen LogP contribution is -2.12. The third-order valence-electron chi connectivity index (χ3n) is 4.37. The average molecular weight is 372 g/mol. The Kier molecular flexibility index (Phi) is 5.65. The van der Waals surface area contributed by atoms with Gasteiger partial charge < -0.3 is 10.6 Å². The Hall–Kier alpha value is -3.73. The van der Waals surface area contributed by atoms with Crippen LogP contribution in [0.15, 0.2) is 72.8 Å². The summed E-state index contributed by atoms with van der Waals surface area (Å²) < 4.78 is 0. The molecule has 28 heavy (non-hydrogen) atoms. The number of nitrogens with one attached hydrogen (secondary N) is 2. The number of Topliss-reactive ketones (excluding diaryl/α,β-unsaturated/α-hetero) is 1. The summed E-state index contributed by atoms with van der Waals surface area (Å²) in [6, 6.07) is 20.5. The van der Waals surface area contributed by atoms with Crippen LogP contribution in [-0.4, -0.2) is 24.5 Å². The minimum Gasteiger partial charge on any atom is -0.388 e. The Balaban J connectivity index is 1.71. The van der Waals surface area contributed by atoms with Crippen molar-refractivity contribution < 1.29 is 14.4 Å². The summed E-state index contributed by atoms with van der Waals surface area (Å²) in [4.78, 5) is 36.4. The monoisotopic (exact) mass is 372 g/mol. The van der Waals surface area contributed by atoms with Crippen LogP contribution < -0.4 is 10.6 Å². The van der Waals surface area contributed by atoms with Crippen molar-refractivity contribution >= 4 is 28.8 Å². The molecule has 0 heterocycles. The fourth-order valence-corrected chi connectivity index (χ4v) is 2.74. The summed E-state index contributed by atoms with van der Waals surface area (Å²) in [7, 11) is 1.82. The van der Waals surface area contributed by atoms with Crippen molar-refractivity contribution in [1.29, 1.82) is 0 Å². The molecule has 0 bridgehead atoms. The number of ketones is 2. The molecule has 0 spiro atoms. The second-order valence-corrected chi connectivity index (χ2v) is 6.32. The molecule has 0 radical (unpaired) electrons. The van der Waals surface area contributed by atoms with E-state index in [2.05, 4.69) is 10.6 Å². The van der Waals surface area contributed by atoms with Gasteiger partial charge in [0.25, 0.3) is 5.91 Å². The minimum atomic E-state index is -0.315. The molecule has 0 aromatic heterocycles. The van der Waals surface area contributed by atoms with Crippen molar-refractivity contribution in [3.8, 4) is 0 Å². The first kappa shape index (κ1) is 19.0. The van der Waals surface area contributed by atoms with E-state index < -0.39 is 0 Å². The number of rotatable bonds is 6. The van der Waals surface area contributed by atoms with Crippen molar-refractivity contribution in [2.24, 2.45) is 0 Å². The molecule has 5 heteroatoms. The normalized spacial score (nSPS) is 10.2. The van der Waals surface area contributed by atoms with Gasteiger partial charge in [-0.3, -0.25) is 14.4 Å². The predicted octanol–water partition coefficient (Wildman–Crippen LogP) is 4.41. The zero-order chi connectivity index (χ0) is 20.1. The summed E-state index contributed by atoms with van der Waals surface area (Å²) in [5, 5.41) is 5.79. The van der Waals surface area contributed by atoms with E-state index in [-0.39, 0.29) is 17.5 Å². The molecule has 5 nitrogen and oxygen atoms in total. The zero-order valence-corrected chi connectivity index (χ0v) is 15.7. The van der Waals surface area contributed by atoms with Crippen LogP contribution in [0.5, 0.6) is 0 Å². The Morgan fingerprint density at radius 2 is 1.21 bits per heavy atom. The molecule has 0 aliphatic heterocycles. The molecule has 0 fully saturated rings. The van der Waals surface area contributed by atoms with Gasteiger partial charge in [0.2, 0.25) is 0 Å². The molecule has 0 atom stereocenters. The first-order valence-electron chi connectivity index (χ1n) is 8.83. The Bertz CT molecular complexity index is 1020. The SMILES string of the molecule is CNc1ccc(C(=O)c2ccc(NC(=O)c3cccc(C(C)=O)c3)cc2)cc1. The van der Waals surface area contributed by atoms with Crippen LogP contribution >= 0.6 is 0 Å². The molecule has 0 aliphatic carbocycles. The molecule has 0 unspecified atom stereocenters. The van der Waals surface area contributed by atoms with Gasteiger partial charge in [-0.15, -0.1) is 0 Å². The van der Waals surface area contributed by atoms with Crippen molar-refractivity contribution in [3.63, 3.8) is 0 Å². The number of hydrogen-bond donors (Lipinski definition) is 2. The van der Waals surface area contributed by atoms with E-state index in [0.717, 1.165) is 5.69 Å². The lowest BCUT2D eigenvalue weighted by molar-refractivity contribution is 0.101. The quantitative estimate of drug-likeness (QED) is 0.628. The van der Waals surface area contributed by atoms with Crippen LogP contribution in [0, 0.1) is 0 Å². The first-order valence-corrected chi connectivity index (χ1v) is 8.83. The van der Waals surface area contributed by atoms with Gasteiger partial charge in [0.15, 0.2) is 11.6 Å². The molecular weight excluding hydrogens is 352 g/mol. The summed E-state index contributed by atoms with van der Waals surface area (Å²) in [5.74, 6) is -0.500. The largest absolute Gasteiger partial charge is 0.388 e. The van der Waals surface area contributed by atoms with Gasteiger partial charge in [-0.05, 0) is 67.6 Å². The standard InChI is InChI=1S/C23H20N2O3/c1-15(26)18-4-3-5-19(14-18)23(28)25-21-12-8-17(9-13-21)22(27)16-6-10-20(24-2)11-7-16/h3-14,24H,1-2H3,(H,25,28). The van der Waals surface area contributed by atoms with Crippen molar-refractivity contribution in [2.75, 3.05) is 17.7 Å². The maximum atomic E-state index is 12.6. The molecule has 0 saturated heterocycles. The highest BCUT2D eigenvalue weighted by Crippen LogP contribution is 2.17. The molecule has 0 aliphatic rings. The summed E-state index contributed by atoms with van der Waals surface area (Å²) in [6.45, 7) is 1.46. The van der Waals surface area contributed by atoms with Gasteiger partial charge in [-0.2, -0.15) is 0 Å². The van der Waals surface area contributed by atoms with Crippen LogP contribution in [0.2, 0.25) is 0 Å². The number of hydrogen-bond acceptors (Lipinski definition) is 4. The Morgan fingerprint density at radius 1 is 0.679 bits per heavy atom. The van der Waals surface area contributed by atoms with Crippen LogP contribution in [0.25, 0.3) is 0 Å². The van der Waals surface area contributed by atoms with Gasteiger partial charge in [0.1, 0.15) is 0 Å². The first-order chi connectivity index (χ1) is 13.5. The molecular formula is C23H20N2O3. The molecule has 3 aromatic rings. The van der Waals surface area contributed by atoms with E-state index in [1.54, 1.807) is 60.7 Å². The smallest absolute Gasteiger partial charge is 0.255 e. The minimum absolute atomic E-state index is 0.0883. The number of carbonyl (C=O) groups is 3. The maximum Gasteiger partial charge on any atom is 0.255 e. The molecule has 3 aromatic carbocycles.